The summed E-state index contributed by atoms with van der Waals surface area (Å²) in [6, 6.07) is 6.26. The van der Waals surface area contributed by atoms with Gasteiger partial charge in [0, 0.05) is 31.3 Å². The first-order valence-corrected chi connectivity index (χ1v) is 6.56. The summed E-state index contributed by atoms with van der Waals surface area (Å²) >= 11 is 0. The third kappa shape index (κ3) is 2.73. The van der Waals surface area contributed by atoms with Gasteiger partial charge >= 0.3 is 0 Å². The van der Waals surface area contributed by atoms with Gasteiger partial charge in [0.1, 0.15) is 11.6 Å². The van der Waals surface area contributed by atoms with E-state index in [1.165, 1.54) is 6.07 Å². The van der Waals surface area contributed by atoms with Gasteiger partial charge in [0.05, 0.1) is 13.2 Å². The van der Waals surface area contributed by atoms with Gasteiger partial charge in [0.25, 0.3) is 0 Å². The number of imidazole rings is 1. The molecule has 1 aromatic carbocycles. The van der Waals surface area contributed by atoms with E-state index in [2.05, 4.69) is 4.98 Å². The van der Waals surface area contributed by atoms with Crippen LogP contribution in [0.15, 0.2) is 36.7 Å². The third-order valence-corrected chi connectivity index (χ3v) is 3.80. The molecule has 0 amide bonds. The van der Waals surface area contributed by atoms with Crippen molar-refractivity contribution in [2.45, 2.75) is 18.3 Å². The maximum Gasteiger partial charge on any atom is 0.127 e. The molecule has 0 aliphatic heterocycles. The summed E-state index contributed by atoms with van der Waals surface area (Å²) in [6.07, 6.45) is 4.50. The maximum absolute atomic E-state index is 14.0. The molecule has 2 N–H and O–H groups in total. The molecule has 108 valence electrons. The highest BCUT2D eigenvalue weighted by Crippen LogP contribution is 2.30. The molecule has 0 aliphatic carbocycles. The quantitative estimate of drug-likeness (QED) is 0.840. The Labute approximate surface area is 117 Å². The molecule has 5 heteroatoms. The molecule has 2 aromatic rings. The Balaban J connectivity index is 2.26. The summed E-state index contributed by atoms with van der Waals surface area (Å²) < 4.78 is 15.8. The Kier molecular flexibility index (Phi) is 4.52. The van der Waals surface area contributed by atoms with E-state index in [1.807, 2.05) is 17.8 Å². The number of aryl methyl sites for hydroxylation is 2. The monoisotopic (exact) mass is 278 g/mol. The number of rotatable bonds is 6. The highest BCUT2D eigenvalue weighted by atomic mass is 19.1. The molecular formula is C15H19FN2O2. The lowest BCUT2D eigenvalue weighted by Crippen LogP contribution is -2.36. The Bertz CT molecular complexity index is 565. The number of halogens is 1. The van der Waals surface area contributed by atoms with Crippen LogP contribution in [0, 0.1) is 5.82 Å². The summed E-state index contributed by atoms with van der Waals surface area (Å²) in [5, 5.41) is 19.4. The van der Waals surface area contributed by atoms with Gasteiger partial charge in [-0.3, -0.25) is 0 Å². The summed E-state index contributed by atoms with van der Waals surface area (Å²) in [5.41, 5.74) is -0.642. The number of aromatic nitrogens is 2. The van der Waals surface area contributed by atoms with Crippen LogP contribution in [0.25, 0.3) is 0 Å². The smallest absolute Gasteiger partial charge is 0.127 e. The van der Waals surface area contributed by atoms with Crippen molar-refractivity contribution in [3.63, 3.8) is 0 Å². The van der Waals surface area contributed by atoms with E-state index < -0.39 is 11.2 Å². The number of aliphatic hydroxyl groups is 2. The second-order valence-corrected chi connectivity index (χ2v) is 5.03. The van der Waals surface area contributed by atoms with E-state index in [0.29, 0.717) is 18.4 Å². The number of hydrogen-bond donors (Lipinski definition) is 2. The average molecular weight is 278 g/mol. The minimum absolute atomic E-state index is 0.311. The van der Waals surface area contributed by atoms with Gasteiger partial charge in [-0.1, -0.05) is 18.2 Å². The van der Waals surface area contributed by atoms with Crippen LogP contribution in [0.5, 0.6) is 0 Å². The van der Waals surface area contributed by atoms with E-state index in [0.717, 1.165) is 5.82 Å². The van der Waals surface area contributed by atoms with E-state index >= 15 is 0 Å². The maximum atomic E-state index is 14.0. The fourth-order valence-corrected chi connectivity index (χ4v) is 2.39. The Morgan fingerprint density at radius 2 is 1.95 bits per heavy atom. The molecule has 2 rings (SSSR count). The first kappa shape index (κ1) is 14.7. The number of nitrogens with zero attached hydrogens (tertiary/aromatic N) is 2. The molecule has 20 heavy (non-hydrogen) atoms. The van der Waals surface area contributed by atoms with E-state index in [9.17, 15) is 14.6 Å². The highest BCUT2D eigenvalue weighted by molar-refractivity contribution is 5.28. The van der Waals surface area contributed by atoms with E-state index in [1.54, 1.807) is 24.4 Å². The molecule has 0 saturated carbocycles. The lowest BCUT2D eigenvalue weighted by atomic mass is 9.77. The number of aliphatic hydroxyl groups excluding tert-OH is 2. The summed E-state index contributed by atoms with van der Waals surface area (Å²) in [5.74, 6) is 0.433. The molecule has 0 unspecified atom stereocenters. The van der Waals surface area contributed by atoms with Crippen molar-refractivity contribution in [1.82, 2.24) is 9.55 Å². The van der Waals surface area contributed by atoms with Crippen LogP contribution in [0.4, 0.5) is 4.39 Å². The van der Waals surface area contributed by atoms with Crippen LogP contribution < -0.4 is 0 Å². The number of hydrogen-bond acceptors (Lipinski definition) is 3. The zero-order chi connectivity index (χ0) is 14.6. The number of benzene rings is 1. The largest absolute Gasteiger partial charge is 0.395 e. The van der Waals surface area contributed by atoms with Gasteiger partial charge in [-0.15, -0.1) is 0 Å². The molecule has 0 radical (unpaired) electrons. The first-order chi connectivity index (χ1) is 9.63. The zero-order valence-electron chi connectivity index (χ0n) is 11.5. The lowest BCUT2D eigenvalue weighted by molar-refractivity contribution is 0.106. The van der Waals surface area contributed by atoms with Gasteiger partial charge in [-0.05, 0) is 18.1 Å². The van der Waals surface area contributed by atoms with Crippen LogP contribution in [0.2, 0.25) is 0 Å². The minimum atomic E-state index is -0.989. The van der Waals surface area contributed by atoms with Crippen molar-refractivity contribution < 1.29 is 14.6 Å². The summed E-state index contributed by atoms with van der Waals surface area (Å²) in [4.78, 5) is 4.21. The van der Waals surface area contributed by atoms with Crippen molar-refractivity contribution in [3.8, 4) is 0 Å². The third-order valence-electron chi connectivity index (χ3n) is 3.80. The SMILES string of the molecule is Cn1ccnc1CCC(CO)(CO)c1ccccc1F. The van der Waals surface area contributed by atoms with Crippen molar-refractivity contribution in [2.24, 2.45) is 7.05 Å². The predicted molar refractivity (Wildman–Crippen MR) is 73.8 cm³/mol. The Morgan fingerprint density at radius 1 is 1.25 bits per heavy atom. The molecule has 0 fully saturated rings. The molecule has 0 saturated heterocycles. The molecule has 0 bridgehead atoms. The molecule has 0 spiro atoms. The molecule has 4 nitrogen and oxygen atoms in total. The topological polar surface area (TPSA) is 58.3 Å². The highest BCUT2D eigenvalue weighted by Gasteiger charge is 2.33. The molecule has 1 heterocycles. The zero-order valence-corrected chi connectivity index (χ0v) is 11.5. The standard InChI is InChI=1S/C15H19FN2O2/c1-18-9-8-17-14(18)6-7-15(10-19,11-20)12-4-2-3-5-13(12)16/h2-5,8-9,19-20H,6-7,10-11H2,1H3. The van der Waals surface area contributed by atoms with Crippen molar-refractivity contribution in [3.05, 3.63) is 53.9 Å². The Hall–Kier alpha value is -1.72. The van der Waals surface area contributed by atoms with Crippen molar-refractivity contribution >= 4 is 0 Å². The van der Waals surface area contributed by atoms with Gasteiger partial charge in [0.15, 0.2) is 0 Å². The summed E-state index contributed by atoms with van der Waals surface area (Å²) in [6.45, 7) is -0.621. The summed E-state index contributed by atoms with van der Waals surface area (Å²) in [7, 11) is 1.88. The second kappa shape index (κ2) is 6.15. The van der Waals surface area contributed by atoms with E-state index in [4.69, 9.17) is 0 Å². The second-order valence-electron chi connectivity index (χ2n) is 5.03. The molecular weight excluding hydrogens is 259 g/mol. The van der Waals surface area contributed by atoms with Gasteiger partial charge in [0.2, 0.25) is 0 Å². The van der Waals surface area contributed by atoms with Gasteiger partial charge in [-0.2, -0.15) is 0 Å². The average Bonchev–Trinajstić information content (AvgIpc) is 2.87. The van der Waals surface area contributed by atoms with Crippen molar-refractivity contribution in [1.29, 1.82) is 0 Å². The van der Waals surface area contributed by atoms with Gasteiger partial charge in [-0.25, -0.2) is 9.37 Å². The Morgan fingerprint density at radius 3 is 2.50 bits per heavy atom. The fraction of sp³-hybridized carbons (Fsp3) is 0.400. The minimum Gasteiger partial charge on any atom is -0.395 e. The van der Waals surface area contributed by atoms with Gasteiger partial charge < -0.3 is 14.8 Å². The van der Waals surface area contributed by atoms with Crippen LogP contribution >= 0.6 is 0 Å². The predicted octanol–water partition coefficient (Wildman–Crippen LogP) is 1.41. The normalized spacial score (nSPS) is 11.8. The molecule has 0 atom stereocenters. The van der Waals surface area contributed by atoms with Crippen LogP contribution in [0.3, 0.4) is 0 Å². The fourth-order valence-electron chi connectivity index (χ4n) is 2.39. The van der Waals surface area contributed by atoms with E-state index in [-0.39, 0.29) is 13.2 Å². The lowest BCUT2D eigenvalue weighted by Gasteiger charge is -2.30. The van der Waals surface area contributed by atoms with Crippen LogP contribution in [-0.4, -0.2) is 33.0 Å². The molecule has 1 aromatic heterocycles. The first-order valence-electron chi connectivity index (χ1n) is 6.56. The molecule has 0 aliphatic rings. The van der Waals surface area contributed by atoms with Crippen LogP contribution in [-0.2, 0) is 18.9 Å². The van der Waals surface area contributed by atoms with Crippen molar-refractivity contribution in [2.75, 3.05) is 13.2 Å². The van der Waals surface area contributed by atoms with Crippen LogP contribution in [0.1, 0.15) is 17.8 Å².